The Hall–Kier alpha value is -3.00. The van der Waals surface area contributed by atoms with Gasteiger partial charge in [-0.1, -0.05) is 39.0 Å². The Morgan fingerprint density at radius 1 is 1.26 bits per heavy atom. The second-order valence-electron chi connectivity index (χ2n) is 7.84. The number of aliphatic carboxylic acids is 1. The molecule has 0 bridgehead atoms. The number of carboxylic acids is 1. The van der Waals surface area contributed by atoms with Crippen LogP contribution >= 0.6 is 0 Å². The maximum Gasteiger partial charge on any atom is 0.336 e. The average molecular weight is 430 g/mol. The Morgan fingerprint density at radius 3 is 2.55 bits per heavy atom. The van der Waals surface area contributed by atoms with Crippen LogP contribution < -0.4 is 15.5 Å². The zero-order chi connectivity index (χ0) is 22.7. The number of benzene rings is 1. The van der Waals surface area contributed by atoms with Crippen molar-refractivity contribution in [2.24, 2.45) is 5.92 Å². The van der Waals surface area contributed by atoms with Crippen LogP contribution in [0.25, 0.3) is 0 Å². The van der Waals surface area contributed by atoms with E-state index in [2.05, 4.69) is 10.7 Å². The zero-order valence-corrected chi connectivity index (χ0v) is 18.7. The fourth-order valence-electron chi connectivity index (χ4n) is 4.27. The molecule has 2 aliphatic rings. The molecule has 2 heterocycles. The van der Waals surface area contributed by atoms with Crippen molar-refractivity contribution in [1.29, 1.82) is 0 Å². The van der Waals surface area contributed by atoms with Crippen LogP contribution in [0, 0.1) is 5.92 Å². The van der Waals surface area contributed by atoms with Gasteiger partial charge in [0.2, 0.25) is 0 Å². The molecule has 1 aromatic rings. The van der Waals surface area contributed by atoms with Crippen LogP contribution in [0.2, 0.25) is 0 Å². The molecule has 2 unspecified atom stereocenters. The zero-order valence-electron chi connectivity index (χ0n) is 18.7. The quantitative estimate of drug-likeness (QED) is 0.543. The molecule has 0 spiro atoms. The van der Waals surface area contributed by atoms with Gasteiger partial charge in [0, 0.05) is 23.7 Å². The summed E-state index contributed by atoms with van der Waals surface area (Å²) in [5.41, 5.74) is 6.20. The minimum atomic E-state index is -0.911. The largest absolute Gasteiger partial charge is 0.496 e. The monoisotopic (exact) mass is 429 g/mol. The number of ether oxygens (including phenoxy) is 2. The normalized spacial score (nSPS) is 19.3. The van der Waals surface area contributed by atoms with E-state index < -0.39 is 17.9 Å². The van der Waals surface area contributed by atoms with Crippen molar-refractivity contribution in [3.05, 3.63) is 52.5 Å². The third kappa shape index (κ3) is 4.12. The summed E-state index contributed by atoms with van der Waals surface area (Å²) in [5, 5.41) is 14.8. The van der Waals surface area contributed by atoms with E-state index in [1.165, 1.54) is 0 Å². The molecule has 3 N–H and O–H groups in total. The molecule has 0 fully saturated rings. The smallest absolute Gasteiger partial charge is 0.336 e. The molecule has 0 aromatic heterocycles. The van der Waals surface area contributed by atoms with Gasteiger partial charge in [-0.15, -0.1) is 0 Å². The third-order valence-electron chi connectivity index (χ3n) is 5.67. The van der Waals surface area contributed by atoms with Gasteiger partial charge in [-0.05, 0) is 30.9 Å². The number of nitrogens with one attached hydrogen (secondary N) is 2. The SMILES string of the molecule is CCOC(=O)C1=C(C(C)C)NC2=C(CNN2C(CC)C(=O)O)C1c1ccccc1OC. The number of rotatable bonds is 8. The summed E-state index contributed by atoms with van der Waals surface area (Å²) >= 11 is 0. The van der Waals surface area contributed by atoms with E-state index in [9.17, 15) is 14.7 Å². The fourth-order valence-corrected chi connectivity index (χ4v) is 4.27. The van der Waals surface area contributed by atoms with Crippen LogP contribution in [-0.2, 0) is 14.3 Å². The standard InChI is InChI=1S/C23H31N3O5/c1-6-16(22(27)28)26-21-15(12-24-26)18(14-10-8-9-11-17(14)30-5)19(23(29)31-7-2)20(25-21)13(3)4/h8-11,13,16,18,24-25H,6-7,12H2,1-5H3,(H,27,28). The van der Waals surface area contributed by atoms with E-state index in [-0.39, 0.29) is 18.5 Å². The Balaban J connectivity index is 2.23. The number of carbonyl (C=O) groups excluding carboxylic acids is 1. The molecule has 168 valence electrons. The van der Waals surface area contributed by atoms with E-state index in [1.807, 2.05) is 45.0 Å². The number of allylic oxidation sites excluding steroid dienone is 1. The molecule has 2 aliphatic heterocycles. The van der Waals surface area contributed by atoms with Crippen molar-refractivity contribution in [1.82, 2.24) is 15.8 Å². The number of dihydropyridines is 1. The predicted molar refractivity (Wildman–Crippen MR) is 116 cm³/mol. The van der Waals surface area contributed by atoms with Crippen LogP contribution in [0.1, 0.15) is 45.6 Å². The lowest BCUT2D eigenvalue weighted by molar-refractivity contribution is -0.143. The number of carbonyl (C=O) groups is 2. The average Bonchev–Trinajstić information content (AvgIpc) is 3.16. The first-order valence-corrected chi connectivity index (χ1v) is 10.6. The van der Waals surface area contributed by atoms with E-state index in [4.69, 9.17) is 9.47 Å². The minimum absolute atomic E-state index is 0.0157. The van der Waals surface area contributed by atoms with Gasteiger partial charge in [0.15, 0.2) is 0 Å². The summed E-state index contributed by atoms with van der Waals surface area (Å²) in [6, 6.07) is 6.85. The van der Waals surface area contributed by atoms with Crippen LogP contribution in [0.3, 0.4) is 0 Å². The summed E-state index contributed by atoms with van der Waals surface area (Å²) in [5.74, 6) is -0.391. The lowest BCUT2D eigenvalue weighted by atomic mass is 9.79. The minimum Gasteiger partial charge on any atom is -0.496 e. The number of hydrogen-bond donors (Lipinski definition) is 3. The van der Waals surface area contributed by atoms with Crippen molar-refractivity contribution in [2.45, 2.75) is 46.1 Å². The Kier molecular flexibility index (Phi) is 6.90. The molecule has 3 rings (SSSR count). The molecule has 0 saturated heterocycles. The van der Waals surface area contributed by atoms with Gasteiger partial charge in [-0.2, -0.15) is 0 Å². The molecule has 0 saturated carbocycles. The lowest BCUT2D eigenvalue weighted by Gasteiger charge is -2.35. The van der Waals surface area contributed by atoms with E-state index in [0.29, 0.717) is 30.1 Å². The number of hydrogen-bond acceptors (Lipinski definition) is 7. The highest BCUT2D eigenvalue weighted by Gasteiger charge is 2.44. The number of para-hydroxylation sites is 1. The summed E-state index contributed by atoms with van der Waals surface area (Å²) in [6.07, 6.45) is 0.422. The number of hydrazine groups is 1. The van der Waals surface area contributed by atoms with Gasteiger partial charge in [-0.3, -0.25) is 5.01 Å². The van der Waals surface area contributed by atoms with E-state index in [1.54, 1.807) is 19.0 Å². The number of esters is 1. The molecule has 0 aliphatic carbocycles. The molecule has 31 heavy (non-hydrogen) atoms. The summed E-state index contributed by atoms with van der Waals surface area (Å²) in [7, 11) is 1.60. The second kappa shape index (κ2) is 9.43. The van der Waals surface area contributed by atoms with E-state index in [0.717, 1.165) is 16.8 Å². The molecule has 8 heteroatoms. The summed E-state index contributed by atoms with van der Waals surface area (Å²) < 4.78 is 11.1. The fraction of sp³-hybridized carbons (Fsp3) is 0.478. The van der Waals surface area contributed by atoms with Crippen LogP contribution in [0.4, 0.5) is 0 Å². The Bertz CT molecular complexity index is 922. The highest BCUT2D eigenvalue weighted by molar-refractivity contribution is 5.93. The Morgan fingerprint density at radius 2 is 1.97 bits per heavy atom. The van der Waals surface area contributed by atoms with Crippen molar-refractivity contribution in [3.63, 3.8) is 0 Å². The molecule has 2 atom stereocenters. The van der Waals surface area contributed by atoms with Gasteiger partial charge >= 0.3 is 11.9 Å². The predicted octanol–water partition coefficient (Wildman–Crippen LogP) is 2.75. The maximum absolute atomic E-state index is 13.2. The van der Waals surface area contributed by atoms with Gasteiger partial charge < -0.3 is 19.9 Å². The van der Waals surface area contributed by atoms with Crippen LogP contribution in [0.5, 0.6) is 5.75 Å². The molecular weight excluding hydrogens is 398 g/mol. The number of carboxylic acid groups (broad SMARTS) is 1. The van der Waals surface area contributed by atoms with Crippen LogP contribution in [0.15, 0.2) is 46.9 Å². The first-order chi connectivity index (χ1) is 14.8. The van der Waals surface area contributed by atoms with Crippen LogP contribution in [-0.4, -0.2) is 48.4 Å². The molecule has 0 amide bonds. The van der Waals surface area contributed by atoms with Crippen molar-refractivity contribution in [3.8, 4) is 5.75 Å². The Labute approximate surface area is 182 Å². The summed E-state index contributed by atoms with van der Waals surface area (Å²) in [6.45, 7) is 8.27. The van der Waals surface area contributed by atoms with Gasteiger partial charge in [0.1, 0.15) is 17.6 Å². The van der Waals surface area contributed by atoms with E-state index >= 15 is 0 Å². The molecule has 8 nitrogen and oxygen atoms in total. The number of methoxy groups -OCH3 is 1. The highest BCUT2D eigenvalue weighted by Crippen LogP contribution is 2.45. The lowest BCUT2D eigenvalue weighted by Crippen LogP contribution is -2.48. The topological polar surface area (TPSA) is 100 Å². The number of nitrogens with zero attached hydrogens (tertiary/aromatic N) is 1. The first-order valence-electron chi connectivity index (χ1n) is 10.6. The van der Waals surface area contributed by atoms with Crippen molar-refractivity contribution >= 4 is 11.9 Å². The molecule has 1 aromatic carbocycles. The highest BCUT2D eigenvalue weighted by atomic mass is 16.5. The maximum atomic E-state index is 13.2. The van der Waals surface area contributed by atoms with Crippen molar-refractivity contribution in [2.75, 3.05) is 20.3 Å². The molecule has 0 radical (unpaired) electrons. The first kappa shape index (κ1) is 22.7. The van der Waals surface area contributed by atoms with Gasteiger partial charge in [0.05, 0.1) is 19.3 Å². The van der Waals surface area contributed by atoms with Gasteiger partial charge in [0.25, 0.3) is 0 Å². The van der Waals surface area contributed by atoms with Gasteiger partial charge in [-0.25, -0.2) is 15.0 Å². The summed E-state index contributed by atoms with van der Waals surface area (Å²) in [4.78, 5) is 25.0. The third-order valence-corrected chi connectivity index (χ3v) is 5.67. The second-order valence-corrected chi connectivity index (χ2v) is 7.84. The molecular formula is C23H31N3O5. The van der Waals surface area contributed by atoms with Crippen molar-refractivity contribution < 1.29 is 24.2 Å².